The van der Waals surface area contributed by atoms with E-state index in [9.17, 15) is 13.2 Å². The van der Waals surface area contributed by atoms with Gasteiger partial charge >= 0.3 is 6.18 Å². The molecule has 3 nitrogen and oxygen atoms in total. The normalized spacial score (nSPS) is 11.5. The molecule has 0 spiro atoms. The van der Waals surface area contributed by atoms with E-state index in [0.717, 1.165) is 18.7 Å². The van der Waals surface area contributed by atoms with Crippen molar-refractivity contribution in [3.63, 3.8) is 0 Å². The van der Waals surface area contributed by atoms with Crippen molar-refractivity contribution in [1.29, 1.82) is 0 Å². The molecule has 0 atom stereocenters. The molecule has 96 valence electrons. The number of alkyl halides is 3. The number of hydrogen-bond donors (Lipinski definition) is 1. The number of hydrogen-bond acceptors (Lipinski definition) is 3. The lowest BCUT2D eigenvalue weighted by Gasteiger charge is -2.09. The number of ether oxygens (including phenoxy) is 1. The van der Waals surface area contributed by atoms with Gasteiger partial charge < -0.3 is 10.1 Å². The van der Waals surface area contributed by atoms with Gasteiger partial charge in [-0.15, -0.1) is 0 Å². The molecule has 6 heteroatoms. The van der Waals surface area contributed by atoms with Crippen molar-refractivity contribution in [2.45, 2.75) is 26.1 Å². The van der Waals surface area contributed by atoms with Crippen LogP contribution in [0.15, 0.2) is 18.3 Å². The van der Waals surface area contributed by atoms with Gasteiger partial charge in [-0.3, -0.25) is 4.98 Å². The van der Waals surface area contributed by atoms with E-state index in [1.807, 2.05) is 6.92 Å². The molecule has 1 aromatic heterocycles. The Morgan fingerprint density at radius 3 is 2.82 bits per heavy atom. The predicted octanol–water partition coefficient (Wildman–Crippen LogP) is 2.98. The zero-order chi connectivity index (χ0) is 12.7. The molecule has 0 radical (unpaired) electrons. The zero-order valence-electron chi connectivity index (χ0n) is 9.55. The molecule has 0 saturated carbocycles. The fourth-order valence-electron chi connectivity index (χ4n) is 1.21. The van der Waals surface area contributed by atoms with E-state index in [0.29, 0.717) is 5.69 Å². The molecule has 1 heterocycles. The summed E-state index contributed by atoms with van der Waals surface area (Å²) < 4.78 is 40.1. The van der Waals surface area contributed by atoms with E-state index in [2.05, 4.69) is 15.0 Å². The summed E-state index contributed by atoms with van der Waals surface area (Å²) in [6.07, 6.45) is -1.77. The molecule has 0 amide bonds. The van der Waals surface area contributed by atoms with Gasteiger partial charge in [-0.2, -0.15) is 13.2 Å². The summed E-state index contributed by atoms with van der Waals surface area (Å²) in [7, 11) is 0. The SMILES string of the molecule is CCCNc1ccnc(COCC(F)(F)F)c1. The number of nitrogens with one attached hydrogen (secondary N) is 1. The Morgan fingerprint density at radius 2 is 2.18 bits per heavy atom. The average Bonchev–Trinajstić information content (AvgIpc) is 2.25. The van der Waals surface area contributed by atoms with Crippen molar-refractivity contribution in [2.24, 2.45) is 0 Å². The van der Waals surface area contributed by atoms with Gasteiger partial charge in [-0.25, -0.2) is 0 Å². The van der Waals surface area contributed by atoms with Crippen LogP contribution in [0.25, 0.3) is 0 Å². The molecule has 0 aliphatic rings. The fraction of sp³-hybridized carbons (Fsp3) is 0.545. The summed E-state index contributed by atoms with van der Waals surface area (Å²) in [5, 5.41) is 3.12. The maximum Gasteiger partial charge on any atom is 0.411 e. The van der Waals surface area contributed by atoms with Gasteiger partial charge in [0.25, 0.3) is 0 Å². The minimum atomic E-state index is -4.29. The van der Waals surface area contributed by atoms with Crippen LogP contribution >= 0.6 is 0 Å². The van der Waals surface area contributed by atoms with Crippen LogP contribution in [0.2, 0.25) is 0 Å². The van der Waals surface area contributed by atoms with Gasteiger partial charge in [0.1, 0.15) is 6.61 Å². The maximum atomic E-state index is 11.8. The van der Waals surface area contributed by atoms with E-state index in [1.54, 1.807) is 18.3 Å². The highest BCUT2D eigenvalue weighted by atomic mass is 19.4. The van der Waals surface area contributed by atoms with Crippen LogP contribution in [-0.4, -0.2) is 24.3 Å². The summed E-state index contributed by atoms with van der Waals surface area (Å²) >= 11 is 0. The number of nitrogens with zero attached hydrogens (tertiary/aromatic N) is 1. The third-order valence-corrected chi connectivity index (χ3v) is 1.91. The highest BCUT2D eigenvalue weighted by Gasteiger charge is 2.27. The largest absolute Gasteiger partial charge is 0.411 e. The van der Waals surface area contributed by atoms with Crippen LogP contribution in [0, 0.1) is 0 Å². The van der Waals surface area contributed by atoms with Gasteiger partial charge in [0.15, 0.2) is 0 Å². The van der Waals surface area contributed by atoms with Crippen molar-refractivity contribution in [3.05, 3.63) is 24.0 Å². The van der Waals surface area contributed by atoms with Crippen LogP contribution in [-0.2, 0) is 11.3 Å². The quantitative estimate of drug-likeness (QED) is 0.840. The Bertz CT molecular complexity index is 342. The second kappa shape index (κ2) is 6.44. The molecule has 1 rings (SSSR count). The molecule has 0 bridgehead atoms. The number of rotatable bonds is 6. The first kappa shape index (κ1) is 13.8. The Labute approximate surface area is 98.0 Å². The first-order valence-electron chi connectivity index (χ1n) is 5.34. The minimum absolute atomic E-state index is 0.138. The first-order valence-corrected chi connectivity index (χ1v) is 5.34. The number of pyridine rings is 1. The van der Waals surface area contributed by atoms with Gasteiger partial charge in [0.05, 0.1) is 12.3 Å². The van der Waals surface area contributed by atoms with E-state index in [1.165, 1.54) is 0 Å². The van der Waals surface area contributed by atoms with E-state index >= 15 is 0 Å². The number of anilines is 1. The van der Waals surface area contributed by atoms with Crippen LogP contribution in [0.5, 0.6) is 0 Å². The molecular formula is C11H15F3N2O. The molecule has 0 aliphatic heterocycles. The summed E-state index contributed by atoms with van der Waals surface area (Å²) in [5.74, 6) is 0. The van der Waals surface area contributed by atoms with Crippen LogP contribution in [0.4, 0.5) is 18.9 Å². The topological polar surface area (TPSA) is 34.2 Å². The molecule has 0 unspecified atom stereocenters. The van der Waals surface area contributed by atoms with Crippen molar-refractivity contribution in [3.8, 4) is 0 Å². The smallest absolute Gasteiger partial charge is 0.385 e. The van der Waals surface area contributed by atoms with E-state index < -0.39 is 12.8 Å². The summed E-state index contributed by atoms with van der Waals surface area (Å²) in [5.41, 5.74) is 1.32. The Hall–Kier alpha value is -1.30. The Balaban J connectivity index is 2.43. The Morgan fingerprint density at radius 1 is 1.41 bits per heavy atom. The third kappa shape index (κ3) is 6.11. The molecule has 0 aromatic carbocycles. The van der Waals surface area contributed by atoms with Gasteiger partial charge in [-0.1, -0.05) is 6.92 Å². The van der Waals surface area contributed by atoms with E-state index in [4.69, 9.17) is 0 Å². The molecule has 0 fully saturated rings. The second-order valence-corrected chi connectivity index (χ2v) is 3.57. The van der Waals surface area contributed by atoms with Gasteiger partial charge in [0, 0.05) is 18.4 Å². The molecular weight excluding hydrogens is 233 g/mol. The minimum Gasteiger partial charge on any atom is -0.385 e. The van der Waals surface area contributed by atoms with Crippen LogP contribution in [0.1, 0.15) is 19.0 Å². The van der Waals surface area contributed by atoms with Crippen molar-refractivity contribution < 1.29 is 17.9 Å². The van der Waals surface area contributed by atoms with Crippen LogP contribution in [0.3, 0.4) is 0 Å². The molecule has 1 aromatic rings. The Kier molecular flexibility index (Phi) is 5.21. The summed E-state index contributed by atoms with van der Waals surface area (Å²) in [6.45, 7) is 1.46. The number of aromatic nitrogens is 1. The summed E-state index contributed by atoms with van der Waals surface area (Å²) in [4.78, 5) is 3.93. The molecule has 0 aliphatic carbocycles. The highest BCUT2D eigenvalue weighted by Crippen LogP contribution is 2.16. The van der Waals surface area contributed by atoms with Crippen molar-refractivity contribution >= 4 is 5.69 Å². The molecule has 1 N–H and O–H groups in total. The zero-order valence-corrected chi connectivity index (χ0v) is 9.55. The fourth-order valence-corrected chi connectivity index (χ4v) is 1.21. The lowest BCUT2D eigenvalue weighted by Crippen LogP contribution is -2.17. The lowest BCUT2D eigenvalue weighted by atomic mass is 10.3. The maximum absolute atomic E-state index is 11.8. The summed E-state index contributed by atoms with van der Waals surface area (Å²) in [6, 6.07) is 3.45. The van der Waals surface area contributed by atoms with Crippen molar-refractivity contribution in [1.82, 2.24) is 4.98 Å². The first-order chi connectivity index (χ1) is 8.01. The third-order valence-electron chi connectivity index (χ3n) is 1.91. The van der Waals surface area contributed by atoms with Crippen LogP contribution < -0.4 is 5.32 Å². The lowest BCUT2D eigenvalue weighted by molar-refractivity contribution is -0.176. The highest BCUT2D eigenvalue weighted by molar-refractivity contribution is 5.42. The monoisotopic (exact) mass is 248 g/mol. The molecule has 0 saturated heterocycles. The second-order valence-electron chi connectivity index (χ2n) is 3.57. The van der Waals surface area contributed by atoms with Crippen molar-refractivity contribution in [2.75, 3.05) is 18.5 Å². The number of halogens is 3. The predicted molar refractivity (Wildman–Crippen MR) is 58.7 cm³/mol. The molecule has 17 heavy (non-hydrogen) atoms. The van der Waals surface area contributed by atoms with Gasteiger partial charge in [-0.05, 0) is 18.6 Å². The standard InChI is InChI=1S/C11H15F3N2O/c1-2-4-15-9-3-5-16-10(6-9)7-17-8-11(12,13)14/h3,5-6H,2,4,7-8H2,1H3,(H,15,16). The average molecular weight is 248 g/mol. The van der Waals surface area contributed by atoms with E-state index in [-0.39, 0.29) is 6.61 Å². The van der Waals surface area contributed by atoms with Gasteiger partial charge in [0.2, 0.25) is 0 Å².